The van der Waals surface area contributed by atoms with Gasteiger partial charge in [0.05, 0.1) is 12.2 Å². The molecule has 1 unspecified atom stereocenters. The van der Waals surface area contributed by atoms with Crippen LogP contribution in [0.5, 0.6) is 0 Å². The normalized spacial score (nSPS) is 16.9. The third-order valence-electron chi connectivity index (χ3n) is 3.68. The highest BCUT2D eigenvalue weighted by Crippen LogP contribution is 2.26. The highest BCUT2D eigenvalue weighted by molar-refractivity contribution is 5.65. The molecule has 0 fully saturated rings. The first-order valence-corrected chi connectivity index (χ1v) is 7.12. The van der Waals surface area contributed by atoms with Crippen LogP contribution in [-0.4, -0.2) is 17.5 Å². The third-order valence-corrected chi connectivity index (χ3v) is 3.68. The molecule has 0 radical (unpaired) electrons. The van der Waals surface area contributed by atoms with Crippen molar-refractivity contribution in [1.82, 2.24) is 5.01 Å². The van der Waals surface area contributed by atoms with Crippen LogP contribution < -0.4 is 10.7 Å². The largest absolute Gasteiger partial charge is 0.399 e. The molecule has 0 spiro atoms. The lowest BCUT2D eigenvalue weighted by Crippen LogP contribution is -2.39. The Morgan fingerprint density at radius 3 is 2.78 bits per heavy atom. The van der Waals surface area contributed by atoms with Crippen LogP contribution in [0.4, 0.5) is 15.8 Å². The van der Waals surface area contributed by atoms with Crippen LogP contribution in [-0.2, 0) is 11.3 Å². The van der Waals surface area contributed by atoms with Crippen molar-refractivity contribution >= 4 is 17.7 Å². The van der Waals surface area contributed by atoms with Crippen molar-refractivity contribution in [3.05, 3.63) is 59.4 Å². The van der Waals surface area contributed by atoms with Crippen LogP contribution in [0.25, 0.3) is 0 Å². The van der Waals surface area contributed by atoms with E-state index >= 15 is 0 Å². The quantitative estimate of drug-likeness (QED) is 0.696. The molecule has 1 aliphatic rings. The van der Waals surface area contributed by atoms with E-state index in [1.807, 2.05) is 25.1 Å². The standard InChI is InChI=1S/C16H16FN5O/c1-11-7-12(5-6-15(11)18)9-21-16(10-23)22(20-19-21)14-4-2-3-13(17)8-14/h2-8,10,16H,9,18H2,1H3. The number of nitrogens with zero attached hydrogens (tertiary/aromatic N) is 4. The number of aryl methyl sites for hydroxylation is 1. The molecule has 0 amide bonds. The summed E-state index contributed by atoms with van der Waals surface area (Å²) in [6, 6.07) is 11.5. The van der Waals surface area contributed by atoms with Gasteiger partial charge >= 0.3 is 0 Å². The first kappa shape index (κ1) is 15.0. The number of nitrogen functional groups attached to an aromatic ring is 1. The fraction of sp³-hybridized carbons (Fsp3) is 0.188. The van der Waals surface area contributed by atoms with E-state index in [-0.39, 0.29) is 0 Å². The van der Waals surface area contributed by atoms with E-state index in [1.165, 1.54) is 17.1 Å². The summed E-state index contributed by atoms with van der Waals surface area (Å²) in [4.78, 5) is 11.5. The summed E-state index contributed by atoms with van der Waals surface area (Å²) in [6.45, 7) is 2.32. The number of anilines is 2. The van der Waals surface area contributed by atoms with E-state index in [0.29, 0.717) is 17.9 Å². The van der Waals surface area contributed by atoms with Crippen LogP contribution >= 0.6 is 0 Å². The monoisotopic (exact) mass is 313 g/mol. The van der Waals surface area contributed by atoms with Crippen LogP contribution in [0, 0.1) is 12.7 Å². The molecule has 1 aliphatic heterocycles. The maximum absolute atomic E-state index is 13.4. The average Bonchev–Trinajstić information content (AvgIpc) is 2.93. The van der Waals surface area contributed by atoms with Crippen molar-refractivity contribution in [2.45, 2.75) is 19.6 Å². The zero-order valence-electron chi connectivity index (χ0n) is 12.6. The fourth-order valence-electron chi connectivity index (χ4n) is 2.43. The van der Waals surface area contributed by atoms with Crippen molar-refractivity contribution in [1.29, 1.82) is 0 Å². The Balaban J connectivity index is 1.81. The lowest BCUT2D eigenvalue weighted by atomic mass is 10.1. The van der Waals surface area contributed by atoms with Gasteiger partial charge in [-0.25, -0.2) is 14.4 Å². The number of hydrogen-bond acceptors (Lipinski definition) is 6. The van der Waals surface area contributed by atoms with E-state index in [0.717, 1.165) is 17.4 Å². The fourth-order valence-corrected chi connectivity index (χ4v) is 2.43. The van der Waals surface area contributed by atoms with Gasteiger partial charge in [-0.05, 0) is 47.5 Å². The van der Waals surface area contributed by atoms with Gasteiger partial charge in [0, 0.05) is 5.69 Å². The topological polar surface area (TPSA) is 74.3 Å². The number of carbonyl (C=O) groups is 1. The Morgan fingerprint density at radius 2 is 2.09 bits per heavy atom. The van der Waals surface area contributed by atoms with Crippen LogP contribution in [0.3, 0.4) is 0 Å². The Hall–Kier alpha value is -2.96. The maximum Gasteiger partial charge on any atom is 0.198 e. The average molecular weight is 313 g/mol. The molecule has 2 N–H and O–H groups in total. The molecule has 0 aromatic heterocycles. The minimum atomic E-state index is -0.713. The van der Waals surface area contributed by atoms with Gasteiger partial charge in [0.2, 0.25) is 0 Å². The zero-order chi connectivity index (χ0) is 16.4. The predicted octanol–water partition coefficient (Wildman–Crippen LogP) is 2.85. The second-order valence-electron chi connectivity index (χ2n) is 5.34. The minimum absolute atomic E-state index is 0.394. The van der Waals surface area contributed by atoms with Gasteiger partial charge in [-0.15, -0.1) is 0 Å². The summed E-state index contributed by atoms with van der Waals surface area (Å²) in [5, 5.41) is 10.9. The number of nitrogens with two attached hydrogens (primary N) is 1. The van der Waals surface area contributed by atoms with E-state index in [4.69, 9.17) is 5.73 Å². The lowest BCUT2D eigenvalue weighted by Gasteiger charge is -2.23. The molecule has 2 aromatic rings. The van der Waals surface area contributed by atoms with E-state index in [1.54, 1.807) is 17.1 Å². The molecular formula is C16H16FN5O. The zero-order valence-corrected chi connectivity index (χ0v) is 12.6. The Kier molecular flexibility index (Phi) is 3.92. The van der Waals surface area contributed by atoms with E-state index in [9.17, 15) is 9.18 Å². The van der Waals surface area contributed by atoms with Crippen molar-refractivity contribution in [3.63, 3.8) is 0 Å². The molecule has 1 heterocycles. The molecule has 6 nitrogen and oxygen atoms in total. The van der Waals surface area contributed by atoms with Gasteiger partial charge < -0.3 is 5.73 Å². The SMILES string of the molecule is Cc1cc(CN2N=NN(c3cccc(F)c3)C2C=O)ccc1N. The third kappa shape index (κ3) is 2.98. The highest BCUT2D eigenvalue weighted by Gasteiger charge is 2.30. The maximum atomic E-state index is 13.4. The molecule has 1 atom stereocenters. The van der Waals surface area contributed by atoms with Gasteiger partial charge in [-0.2, -0.15) is 0 Å². The molecular weight excluding hydrogens is 297 g/mol. The number of benzene rings is 2. The van der Waals surface area contributed by atoms with E-state index < -0.39 is 12.0 Å². The summed E-state index contributed by atoms with van der Waals surface area (Å²) in [5.41, 5.74) is 8.92. The molecule has 2 aromatic carbocycles. The van der Waals surface area contributed by atoms with Crippen molar-refractivity contribution < 1.29 is 9.18 Å². The van der Waals surface area contributed by atoms with Gasteiger partial charge in [-0.1, -0.05) is 23.4 Å². The molecule has 0 saturated heterocycles. The summed E-state index contributed by atoms with van der Waals surface area (Å²) < 4.78 is 13.4. The van der Waals surface area contributed by atoms with Crippen LogP contribution in [0.2, 0.25) is 0 Å². The molecule has 3 rings (SSSR count). The van der Waals surface area contributed by atoms with Crippen molar-refractivity contribution in [3.8, 4) is 0 Å². The molecule has 23 heavy (non-hydrogen) atoms. The number of rotatable bonds is 4. The number of carbonyl (C=O) groups excluding carboxylic acids is 1. The summed E-state index contributed by atoms with van der Waals surface area (Å²) in [7, 11) is 0. The van der Waals surface area contributed by atoms with Gasteiger partial charge in [-0.3, -0.25) is 4.79 Å². The molecule has 0 bridgehead atoms. The smallest absolute Gasteiger partial charge is 0.198 e. The van der Waals surface area contributed by atoms with Crippen molar-refractivity contribution in [2.24, 2.45) is 10.4 Å². The Morgan fingerprint density at radius 1 is 1.26 bits per heavy atom. The number of aldehydes is 1. The lowest BCUT2D eigenvalue weighted by molar-refractivity contribution is -0.111. The van der Waals surface area contributed by atoms with Crippen LogP contribution in [0.1, 0.15) is 11.1 Å². The van der Waals surface area contributed by atoms with Crippen LogP contribution in [0.15, 0.2) is 52.9 Å². The second-order valence-corrected chi connectivity index (χ2v) is 5.34. The van der Waals surface area contributed by atoms with Gasteiger partial charge in [0.25, 0.3) is 0 Å². The molecule has 118 valence electrons. The minimum Gasteiger partial charge on any atom is -0.399 e. The second kappa shape index (κ2) is 6.04. The van der Waals surface area contributed by atoms with E-state index in [2.05, 4.69) is 10.4 Å². The Labute approximate surface area is 133 Å². The molecule has 7 heteroatoms. The highest BCUT2D eigenvalue weighted by atomic mass is 19.1. The Bertz CT molecular complexity index is 764. The number of hydrogen-bond donors (Lipinski definition) is 1. The molecule has 0 aliphatic carbocycles. The summed E-state index contributed by atoms with van der Waals surface area (Å²) >= 11 is 0. The first-order valence-electron chi connectivity index (χ1n) is 7.12. The van der Waals surface area contributed by atoms with Crippen molar-refractivity contribution in [2.75, 3.05) is 10.7 Å². The first-order chi connectivity index (χ1) is 11.1. The molecule has 0 saturated carbocycles. The summed E-state index contributed by atoms with van der Waals surface area (Å²) in [6.07, 6.45) is 0.0179. The number of halogens is 1. The van der Waals surface area contributed by atoms with Gasteiger partial charge in [0.15, 0.2) is 12.5 Å². The van der Waals surface area contributed by atoms with Gasteiger partial charge in [0.1, 0.15) is 5.82 Å². The predicted molar refractivity (Wildman–Crippen MR) is 84.7 cm³/mol. The summed E-state index contributed by atoms with van der Waals surface area (Å²) in [5.74, 6) is -0.394.